The summed E-state index contributed by atoms with van der Waals surface area (Å²) in [5.41, 5.74) is -0.129. The number of alkyl carbamates (subject to hydrolysis) is 1. The standard InChI is InChI=1S/C42H53FN6O8/c1-41(2,3)57-39(54)46-33-18-11-6-4-5-10-16-29-22-42(29,38(53)44-20-19-35(50)45-23-27-13-8-7-9-14-27)47-36(51)34-21-30(25-49(34)37(33)52)56-40(55)48-24-28-15-12-17-32(43)31(28)26-48/h7-10,12-17,29-30,33-34H,4-6,11,18-26H2,1-3H3,(H,44,53)(H,45,50)(H,46,54)(H,47,51)/b16-10-/t29-,30-,33+,34+,42-/m1/s1. The molecule has 0 aromatic heterocycles. The fourth-order valence-electron chi connectivity index (χ4n) is 7.67. The number of nitrogens with one attached hydrogen (secondary N) is 4. The van der Waals surface area contributed by atoms with Gasteiger partial charge in [-0.2, -0.15) is 0 Å². The topological polar surface area (TPSA) is 175 Å². The van der Waals surface area contributed by atoms with Gasteiger partial charge in [-0.3, -0.25) is 24.1 Å². The van der Waals surface area contributed by atoms with Crippen LogP contribution in [0.2, 0.25) is 0 Å². The zero-order valence-electron chi connectivity index (χ0n) is 32.8. The summed E-state index contributed by atoms with van der Waals surface area (Å²) in [4.78, 5) is 84.2. The maximum absolute atomic E-state index is 14.5. The SMILES string of the molecule is CC(C)(C)OC(=O)N[C@H]1CCCCC/C=C\[C@@H]2C[C@@]2(C(=O)NCCC(=O)NCc2ccccc2)NC(=O)[C@@H]2C[C@@H](OC(=O)N3Cc4cccc(F)c4C3)CN2C1=O. The number of allylic oxidation sites excluding steroid dienone is 1. The van der Waals surface area contributed by atoms with Crippen LogP contribution in [0, 0.1) is 11.7 Å². The summed E-state index contributed by atoms with van der Waals surface area (Å²) in [6.45, 7) is 5.55. The third-order valence-electron chi connectivity index (χ3n) is 10.8. The Morgan fingerprint density at radius 1 is 0.982 bits per heavy atom. The van der Waals surface area contributed by atoms with Crippen LogP contribution in [-0.4, -0.2) is 88.0 Å². The molecule has 57 heavy (non-hydrogen) atoms. The van der Waals surface area contributed by atoms with E-state index >= 15 is 0 Å². The van der Waals surface area contributed by atoms with E-state index in [0.29, 0.717) is 30.5 Å². The van der Waals surface area contributed by atoms with Crippen molar-refractivity contribution in [3.63, 3.8) is 0 Å². The van der Waals surface area contributed by atoms with Gasteiger partial charge < -0.3 is 35.6 Å². The van der Waals surface area contributed by atoms with E-state index in [9.17, 15) is 33.2 Å². The number of hydrogen-bond acceptors (Lipinski definition) is 8. The highest BCUT2D eigenvalue weighted by Crippen LogP contribution is 2.45. The Morgan fingerprint density at radius 3 is 2.53 bits per heavy atom. The Hall–Kier alpha value is -5.47. The first kappa shape index (κ1) is 41.2. The van der Waals surface area contributed by atoms with Crippen LogP contribution >= 0.6 is 0 Å². The second-order valence-corrected chi connectivity index (χ2v) is 16.3. The highest BCUT2D eigenvalue weighted by Gasteiger charge is 2.61. The van der Waals surface area contributed by atoms with Gasteiger partial charge in [0.25, 0.3) is 0 Å². The fourth-order valence-corrected chi connectivity index (χ4v) is 7.67. The van der Waals surface area contributed by atoms with Gasteiger partial charge in [0.05, 0.1) is 13.1 Å². The zero-order chi connectivity index (χ0) is 40.7. The molecule has 6 rings (SSSR count). The van der Waals surface area contributed by atoms with Crippen molar-refractivity contribution in [1.29, 1.82) is 0 Å². The Kier molecular flexibility index (Phi) is 12.8. The summed E-state index contributed by atoms with van der Waals surface area (Å²) in [6, 6.07) is 11.9. The quantitative estimate of drug-likeness (QED) is 0.286. The van der Waals surface area contributed by atoms with Gasteiger partial charge in [0.2, 0.25) is 23.6 Å². The average Bonchev–Trinajstić information content (AvgIpc) is 3.45. The van der Waals surface area contributed by atoms with E-state index < -0.39 is 65.1 Å². The third kappa shape index (κ3) is 10.5. The molecule has 2 aromatic rings. The molecule has 2 fully saturated rings. The van der Waals surface area contributed by atoms with Crippen molar-refractivity contribution in [3.05, 3.63) is 83.2 Å². The zero-order valence-corrected chi connectivity index (χ0v) is 32.8. The van der Waals surface area contributed by atoms with Gasteiger partial charge in [-0.25, -0.2) is 14.0 Å². The van der Waals surface area contributed by atoms with Crippen LogP contribution in [0.25, 0.3) is 0 Å². The molecule has 5 atom stereocenters. The molecule has 1 aliphatic carbocycles. The highest BCUT2D eigenvalue weighted by molar-refractivity contribution is 5.98. The molecule has 0 unspecified atom stereocenters. The molecule has 1 saturated heterocycles. The minimum Gasteiger partial charge on any atom is -0.444 e. The summed E-state index contributed by atoms with van der Waals surface area (Å²) < 4.78 is 25.8. The van der Waals surface area contributed by atoms with Gasteiger partial charge in [0, 0.05) is 44.0 Å². The number of amides is 6. The van der Waals surface area contributed by atoms with Crippen LogP contribution in [0.5, 0.6) is 0 Å². The van der Waals surface area contributed by atoms with E-state index in [4.69, 9.17) is 9.47 Å². The molecule has 0 radical (unpaired) electrons. The molecule has 306 valence electrons. The summed E-state index contributed by atoms with van der Waals surface area (Å²) >= 11 is 0. The monoisotopic (exact) mass is 788 g/mol. The lowest BCUT2D eigenvalue weighted by atomic mass is 10.0. The lowest BCUT2D eigenvalue weighted by Crippen LogP contribution is -2.58. The van der Waals surface area contributed by atoms with Gasteiger partial charge in [0.1, 0.15) is 35.1 Å². The number of halogens is 1. The number of hydrogen-bond donors (Lipinski definition) is 4. The predicted octanol–water partition coefficient (Wildman–Crippen LogP) is 4.36. The number of rotatable bonds is 8. The molecular weight excluding hydrogens is 735 g/mol. The summed E-state index contributed by atoms with van der Waals surface area (Å²) in [6.07, 6.45) is 4.94. The van der Waals surface area contributed by atoms with Crippen molar-refractivity contribution in [2.45, 2.75) is 121 Å². The molecule has 0 bridgehead atoms. The average molecular weight is 789 g/mol. The number of carbonyl (C=O) groups is 6. The minimum atomic E-state index is -1.32. The molecule has 3 aliphatic heterocycles. The van der Waals surface area contributed by atoms with E-state index in [0.717, 1.165) is 24.8 Å². The molecule has 3 heterocycles. The van der Waals surface area contributed by atoms with Crippen molar-refractivity contribution in [3.8, 4) is 0 Å². The first-order chi connectivity index (χ1) is 27.2. The van der Waals surface area contributed by atoms with Crippen molar-refractivity contribution in [2.24, 2.45) is 5.92 Å². The number of fused-ring (bicyclic) bond motifs is 3. The van der Waals surface area contributed by atoms with Crippen molar-refractivity contribution < 1.29 is 42.6 Å². The first-order valence-electron chi connectivity index (χ1n) is 19.8. The molecule has 15 heteroatoms. The first-order valence-corrected chi connectivity index (χ1v) is 19.8. The van der Waals surface area contributed by atoms with E-state index in [2.05, 4.69) is 21.3 Å². The van der Waals surface area contributed by atoms with Crippen LogP contribution in [0.4, 0.5) is 14.0 Å². The van der Waals surface area contributed by atoms with Gasteiger partial charge >= 0.3 is 12.2 Å². The fraction of sp³-hybridized carbons (Fsp3) is 0.524. The Bertz CT molecular complexity index is 1870. The third-order valence-corrected chi connectivity index (χ3v) is 10.8. The Balaban J connectivity index is 1.18. The molecule has 4 N–H and O–H groups in total. The molecule has 2 aromatic carbocycles. The number of benzene rings is 2. The lowest BCUT2D eigenvalue weighted by molar-refractivity contribution is -0.141. The maximum Gasteiger partial charge on any atom is 0.410 e. The van der Waals surface area contributed by atoms with E-state index in [1.165, 1.54) is 15.9 Å². The van der Waals surface area contributed by atoms with Crippen LogP contribution in [0.3, 0.4) is 0 Å². The van der Waals surface area contributed by atoms with Crippen LogP contribution in [-0.2, 0) is 48.3 Å². The van der Waals surface area contributed by atoms with Gasteiger partial charge in [-0.15, -0.1) is 0 Å². The largest absolute Gasteiger partial charge is 0.444 e. The van der Waals surface area contributed by atoms with Gasteiger partial charge in [-0.1, -0.05) is 67.5 Å². The minimum absolute atomic E-state index is 0.0171. The predicted molar refractivity (Wildman–Crippen MR) is 206 cm³/mol. The molecular formula is C42H53FN6O8. The second-order valence-electron chi connectivity index (χ2n) is 16.3. The van der Waals surface area contributed by atoms with E-state index in [1.54, 1.807) is 32.9 Å². The smallest absolute Gasteiger partial charge is 0.410 e. The molecule has 1 saturated carbocycles. The van der Waals surface area contributed by atoms with Crippen molar-refractivity contribution in [2.75, 3.05) is 13.1 Å². The number of ether oxygens (including phenoxy) is 2. The summed E-state index contributed by atoms with van der Waals surface area (Å²) in [5.74, 6) is -2.59. The molecule has 6 amide bonds. The van der Waals surface area contributed by atoms with Gasteiger partial charge in [0.15, 0.2) is 0 Å². The maximum atomic E-state index is 14.5. The normalized spacial score (nSPS) is 25.3. The van der Waals surface area contributed by atoms with Crippen LogP contribution < -0.4 is 21.3 Å². The summed E-state index contributed by atoms with van der Waals surface area (Å²) in [7, 11) is 0. The van der Waals surface area contributed by atoms with Crippen LogP contribution in [0.1, 0.15) is 88.8 Å². The van der Waals surface area contributed by atoms with Gasteiger partial charge in [-0.05, 0) is 63.6 Å². The molecule has 0 spiro atoms. The summed E-state index contributed by atoms with van der Waals surface area (Å²) in [5, 5.41) is 11.3. The van der Waals surface area contributed by atoms with E-state index in [1.807, 2.05) is 42.5 Å². The Labute approximate surface area is 332 Å². The Morgan fingerprint density at radius 2 is 1.77 bits per heavy atom. The second kappa shape index (κ2) is 17.8. The lowest BCUT2D eigenvalue weighted by Gasteiger charge is -2.30. The number of carbonyl (C=O) groups excluding carboxylic acids is 6. The number of nitrogens with zero attached hydrogens (tertiary/aromatic N) is 2. The van der Waals surface area contributed by atoms with E-state index in [-0.39, 0.29) is 57.3 Å². The highest BCUT2D eigenvalue weighted by atomic mass is 19.1. The molecule has 4 aliphatic rings. The van der Waals surface area contributed by atoms with Crippen molar-refractivity contribution in [1.82, 2.24) is 31.1 Å². The molecule has 14 nitrogen and oxygen atoms in total. The van der Waals surface area contributed by atoms with Crippen LogP contribution in [0.15, 0.2) is 60.7 Å². The van der Waals surface area contributed by atoms with Crippen molar-refractivity contribution >= 4 is 35.8 Å².